The number of hydrogen-bond acceptors (Lipinski definition) is 4. The van der Waals surface area contributed by atoms with Gasteiger partial charge in [0.2, 0.25) is 5.91 Å². The van der Waals surface area contributed by atoms with Crippen LogP contribution in [0.1, 0.15) is 12.8 Å². The lowest BCUT2D eigenvalue weighted by molar-refractivity contribution is -0.122. The van der Waals surface area contributed by atoms with Crippen molar-refractivity contribution in [1.29, 1.82) is 0 Å². The molecule has 1 heterocycles. The molecule has 0 atom stereocenters. The van der Waals surface area contributed by atoms with Gasteiger partial charge in [-0.1, -0.05) is 18.2 Å². The SMILES string of the molecule is O=C(NCCS(=O)(=O)c1ccc2ccccc2n1)C1CC1. The molecule has 0 aliphatic heterocycles. The number of aromatic nitrogens is 1. The van der Waals surface area contributed by atoms with Gasteiger partial charge in [0, 0.05) is 17.8 Å². The maximum atomic E-state index is 12.2. The molecular formula is C15H16N2O3S. The molecule has 1 aromatic heterocycles. The first-order chi connectivity index (χ1) is 10.1. The van der Waals surface area contributed by atoms with Crippen LogP contribution in [-0.4, -0.2) is 31.6 Å². The van der Waals surface area contributed by atoms with E-state index in [0.29, 0.717) is 5.52 Å². The summed E-state index contributed by atoms with van der Waals surface area (Å²) in [7, 11) is -3.48. The third-order valence-corrected chi connectivity index (χ3v) is 5.12. The standard InChI is InChI=1S/C15H16N2O3S/c18-15(12-5-6-12)16-9-10-21(19,20)14-8-7-11-3-1-2-4-13(11)17-14/h1-4,7-8,12H,5-6,9-10H2,(H,16,18). The molecule has 6 heteroatoms. The van der Waals surface area contributed by atoms with Crippen LogP contribution >= 0.6 is 0 Å². The van der Waals surface area contributed by atoms with Gasteiger partial charge in [0.1, 0.15) is 0 Å². The minimum atomic E-state index is -3.48. The molecule has 1 amide bonds. The number of sulfone groups is 1. The van der Waals surface area contributed by atoms with Gasteiger partial charge >= 0.3 is 0 Å². The lowest BCUT2D eigenvalue weighted by Crippen LogP contribution is -2.30. The first kappa shape index (κ1) is 14.0. The Kier molecular flexibility index (Phi) is 3.63. The van der Waals surface area contributed by atoms with Crippen LogP contribution in [0.2, 0.25) is 0 Å². The van der Waals surface area contributed by atoms with Gasteiger partial charge in [0.05, 0.1) is 11.3 Å². The van der Waals surface area contributed by atoms with Crippen molar-refractivity contribution >= 4 is 26.6 Å². The van der Waals surface area contributed by atoms with E-state index in [1.54, 1.807) is 12.1 Å². The maximum Gasteiger partial charge on any atom is 0.223 e. The van der Waals surface area contributed by atoms with Crippen molar-refractivity contribution in [3.63, 3.8) is 0 Å². The number of nitrogens with zero attached hydrogens (tertiary/aromatic N) is 1. The van der Waals surface area contributed by atoms with Crippen LogP contribution in [0, 0.1) is 5.92 Å². The van der Waals surface area contributed by atoms with E-state index >= 15 is 0 Å². The zero-order valence-corrected chi connectivity index (χ0v) is 12.3. The van der Waals surface area contributed by atoms with Crippen molar-refractivity contribution in [2.75, 3.05) is 12.3 Å². The summed E-state index contributed by atoms with van der Waals surface area (Å²) in [6, 6.07) is 10.6. The average Bonchev–Trinajstić information content (AvgIpc) is 3.31. The smallest absolute Gasteiger partial charge is 0.223 e. The second-order valence-electron chi connectivity index (χ2n) is 5.23. The lowest BCUT2D eigenvalue weighted by Gasteiger charge is -2.06. The van der Waals surface area contributed by atoms with Gasteiger partial charge in [-0.25, -0.2) is 13.4 Å². The Morgan fingerprint density at radius 2 is 1.95 bits per heavy atom. The fraction of sp³-hybridized carbons (Fsp3) is 0.333. The number of carbonyl (C=O) groups excluding carboxylic acids is 1. The van der Waals surface area contributed by atoms with Gasteiger partial charge in [-0.15, -0.1) is 0 Å². The quantitative estimate of drug-likeness (QED) is 0.909. The van der Waals surface area contributed by atoms with Crippen molar-refractivity contribution in [2.45, 2.75) is 17.9 Å². The number of rotatable bonds is 5. The molecule has 0 radical (unpaired) electrons. The molecule has 21 heavy (non-hydrogen) atoms. The van der Waals surface area contributed by atoms with Gasteiger partial charge < -0.3 is 5.32 Å². The van der Waals surface area contributed by atoms with Crippen LogP contribution in [0.4, 0.5) is 0 Å². The molecule has 110 valence electrons. The van der Waals surface area contributed by atoms with E-state index in [2.05, 4.69) is 10.3 Å². The van der Waals surface area contributed by atoms with E-state index in [9.17, 15) is 13.2 Å². The monoisotopic (exact) mass is 304 g/mol. The van der Waals surface area contributed by atoms with Gasteiger partial charge in [0.25, 0.3) is 0 Å². The largest absolute Gasteiger partial charge is 0.355 e. The maximum absolute atomic E-state index is 12.2. The number of hydrogen-bond donors (Lipinski definition) is 1. The number of fused-ring (bicyclic) bond motifs is 1. The van der Waals surface area contributed by atoms with Gasteiger partial charge in [-0.05, 0) is 31.0 Å². The highest BCUT2D eigenvalue weighted by atomic mass is 32.2. The number of pyridine rings is 1. The Morgan fingerprint density at radius 1 is 1.19 bits per heavy atom. The van der Waals surface area contributed by atoms with Crippen molar-refractivity contribution in [1.82, 2.24) is 10.3 Å². The van der Waals surface area contributed by atoms with Crippen LogP contribution in [0.3, 0.4) is 0 Å². The van der Waals surface area contributed by atoms with Gasteiger partial charge in [0.15, 0.2) is 14.9 Å². The Bertz CT molecular complexity index is 782. The second-order valence-corrected chi connectivity index (χ2v) is 7.28. The third kappa shape index (κ3) is 3.21. The van der Waals surface area contributed by atoms with E-state index in [0.717, 1.165) is 18.2 Å². The predicted molar refractivity (Wildman–Crippen MR) is 79.5 cm³/mol. The molecule has 3 rings (SSSR count). The summed E-state index contributed by atoms with van der Waals surface area (Å²) in [4.78, 5) is 15.7. The number of carbonyl (C=O) groups is 1. The molecule has 1 N–H and O–H groups in total. The lowest BCUT2D eigenvalue weighted by atomic mass is 10.2. The third-order valence-electron chi connectivity index (χ3n) is 3.51. The Morgan fingerprint density at radius 3 is 2.71 bits per heavy atom. The second kappa shape index (κ2) is 5.44. The first-order valence-electron chi connectivity index (χ1n) is 6.92. The summed E-state index contributed by atoms with van der Waals surface area (Å²) >= 11 is 0. The summed E-state index contributed by atoms with van der Waals surface area (Å²) in [5.41, 5.74) is 0.653. The summed E-state index contributed by atoms with van der Waals surface area (Å²) in [5.74, 6) is -0.0836. The fourth-order valence-electron chi connectivity index (χ4n) is 2.12. The molecule has 0 bridgehead atoms. The molecule has 1 aliphatic carbocycles. The highest BCUT2D eigenvalue weighted by Crippen LogP contribution is 2.28. The Balaban J connectivity index is 1.71. The Labute approximate surface area is 123 Å². The van der Waals surface area contributed by atoms with Crippen molar-refractivity contribution in [2.24, 2.45) is 5.92 Å². The number of nitrogens with one attached hydrogen (secondary N) is 1. The predicted octanol–water partition coefficient (Wildman–Crippen LogP) is 1.53. The molecule has 5 nitrogen and oxygen atoms in total. The molecule has 1 fully saturated rings. The molecular weight excluding hydrogens is 288 g/mol. The molecule has 1 aliphatic rings. The summed E-state index contributed by atoms with van der Waals surface area (Å²) < 4.78 is 24.5. The van der Waals surface area contributed by atoms with Crippen LogP contribution in [0.5, 0.6) is 0 Å². The molecule has 2 aromatic rings. The number of amides is 1. The number of benzene rings is 1. The summed E-state index contributed by atoms with van der Waals surface area (Å²) in [6.07, 6.45) is 1.82. The van der Waals surface area contributed by atoms with E-state index in [1.165, 1.54) is 6.07 Å². The van der Waals surface area contributed by atoms with E-state index in [-0.39, 0.29) is 29.1 Å². The van der Waals surface area contributed by atoms with Crippen molar-refractivity contribution in [3.8, 4) is 0 Å². The summed E-state index contributed by atoms with van der Waals surface area (Å²) in [5, 5.41) is 3.62. The normalized spacial score (nSPS) is 15.0. The van der Waals surface area contributed by atoms with Gasteiger partial charge in [-0.2, -0.15) is 0 Å². The highest BCUT2D eigenvalue weighted by Gasteiger charge is 2.29. The van der Waals surface area contributed by atoms with Gasteiger partial charge in [-0.3, -0.25) is 4.79 Å². The fourth-order valence-corrected chi connectivity index (χ4v) is 3.22. The zero-order valence-electron chi connectivity index (χ0n) is 11.5. The first-order valence-corrected chi connectivity index (χ1v) is 8.58. The molecule has 0 saturated heterocycles. The minimum absolute atomic E-state index is 0.0447. The summed E-state index contributed by atoms with van der Waals surface area (Å²) in [6.45, 7) is 0.131. The van der Waals surface area contributed by atoms with E-state index < -0.39 is 9.84 Å². The minimum Gasteiger partial charge on any atom is -0.355 e. The molecule has 0 unspecified atom stereocenters. The topological polar surface area (TPSA) is 76.1 Å². The van der Waals surface area contributed by atoms with Crippen LogP contribution in [-0.2, 0) is 14.6 Å². The van der Waals surface area contributed by atoms with Crippen LogP contribution in [0.25, 0.3) is 10.9 Å². The Hall–Kier alpha value is -1.95. The van der Waals surface area contributed by atoms with E-state index in [4.69, 9.17) is 0 Å². The number of para-hydroxylation sites is 1. The molecule has 1 aromatic carbocycles. The van der Waals surface area contributed by atoms with Crippen LogP contribution < -0.4 is 5.32 Å². The zero-order chi connectivity index (χ0) is 14.9. The average molecular weight is 304 g/mol. The molecule has 1 saturated carbocycles. The van der Waals surface area contributed by atoms with Crippen molar-refractivity contribution in [3.05, 3.63) is 36.4 Å². The molecule has 0 spiro atoms. The van der Waals surface area contributed by atoms with Crippen molar-refractivity contribution < 1.29 is 13.2 Å². The highest BCUT2D eigenvalue weighted by molar-refractivity contribution is 7.91. The van der Waals surface area contributed by atoms with E-state index in [1.807, 2.05) is 18.2 Å². The van der Waals surface area contributed by atoms with Crippen LogP contribution in [0.15, 0.2) is 41.4 Å².